The molecule has 1 rings (SSSR count). The summed E-state index contributed by atoms with van der Waals surface area (Å²) in [6.45, 7) is 1.96. The van der Waals surface area contributed by atoms with Crippen molar-refractivity contribution in [1.82, 2.24) is 5.32 Å². The zero-order valence-corrected chi connectivity index (χ0v) is 12.4. The Morgan fingerprint density at radius 2 is 2.19 bits per heavy atom. The summed E-state index contributed by atoms with van der Waals surface area (Å²) in [5.41, 5.74) is 0.370. The number of thioether (sulfide) groups is 1. The molecule has 6 nitrogen and oxygen atoms in total. The molecule has 0 aliphatic heterocycles. The monoisotopic (exact) mass is 308 g/mol. The maximum Gasteiger partial charge on any atom is 0.313 e. The van der Waals surface area contributed by atoms with Gasteiger partial charge in [-0.25, -0.2) is 0 Å². The summed E-state index contributed by atoms with van der Waals surface area (Å²) in [5.74, 6) is -0.297. The molecule has 0 aliphatic rings. The molecule has 0 heterocycles. The molecule has 1 unspecified atom stereocenters. The third-order valence-electron chi connectivity index (χ3n) is 2.45. The molecule has 0 aromatic heterocycles. The number of aliphatic carboxylic acids is 1. The van der Waals surface area contributed by atoms with Gasteiger partial charge < -0.3 is 15.2 Å². The van der Waals surface area contributed by atoms with Crippen LogP contribution in [-0.4, -0.2) is 41.1 Å². The van der Waals surface area contributed by atoms with Crippen LogP contribution in [0.3, 0.4) is 0 Å². The molecule has 112 valence electrons. The number of carbonyl (C=O) groups excluding carboxylic acids is 1. The predicted molar refractivity (Wildman–Crippen MR) is 79.2 cm³/mol. The van der Waals surface area contributed by atoms with Gasteiger partial charge in [0.1, 0.15) is 11.8 Å². The molecule has 1 amide bonds. The van der Waals surface area contributed by atoms with Crippen molar-refractivity contribution >= 4 is 23.6 Å². The molecule has 0 radical (unpaired) electrons. The molecule has 1 atom stereocenters. The Morgan fingerprint density at radius 3 is 2.86 bits per heavy atom. The van der Waals surface area contributed by atoms with Crippen LogP contribution >= 0.6 is 11.8 Å². The normalized spacial score (nSPS) is 11.2. The van der Waals surface area contributed by atoms with E-state index in [2.05, 4.69) is 5.32 Å². The second-order valence-corrected chi connectivity index (χ2v) is 5.21. The lowest BCUT2D eigenvalue weighted by atomic mass is 10.2. The topological polar surface area (TPSA) is 99.4 Å². The molecule has 1 aromatic rings. The average molecular weight is 308 g/mol. The molecular weight excluding hydrogens is 292 g/mol. The lowest BCUT2D eigenvalue weighted by Crippen LogP contribution is -2.37. The van der Waals surface area contributed by atoms with Gasteiger partial charge in [-0.05, 0) is 19.1 Å². The summed E-state index contributed by atoms with van der Waals surface area (Å²) in [7, 11) is 0. The fourth-order valence-electron chi connectivity index (χ4n) is 1.46. The van der Waals surface area contributed by atoms with Crippen molar-refractivity contribution in [3.63, 3.8) is 0 Å². The van der Waals surface area contributed by atoms with E-state index < -0.39 is 12.1 Å². The highest BCUT2D eigenvalue weighted by Crippen LogP contribution is 2.18. The van der Waals surface area contributed by atoms with E-state index in [-0.39, 0.29) is 11.7 Å². The molecule has 2 N–H and O–H groups in total. The molecular formula is C14H16N2O4S. The SMILES string of the molecule is CC(Oc1ccccc1C#N)C(=O)NCCSCC(=O)O. The number of carboxylic acid groups (broad SMARTS) is 1. The van der Waals surface area contributed by atoms with Gasteiger partial charge in [0, 0.05) is 12.3 Å². The highest BCUT2D eigenvalue weighted by atomic mass is 32.2. The van der Waals surface area contributed by atoms with Crippen LogP contribution < -0.4 is 10.1 Å². The molecule has 7 heteroatoms. The van der Waals surface area contributed by atoms with E-state index in [4.69, 9.17) is 15.1 Å². The smallest absolute Gasteiger partial charge is 0.313 e. The number of para-hydroxylation sites is 1. The van der Waals surface area contributed by atoms with Crippen LogP contribution in [0.2, 0.25) is 0 Å². The minimum Gasteiger partial charge on any atom is -0.481 e. The number of ether oxygens (including phenoxy) is 1. The number of carbonyl (C=O) groups is 2. The summed E-state index contributed by atoms with van der Waals surface area (Å²) in [6, 6.07) is 8.68. The Bertz CT molecular complexity index is 542. The molecule has 0 saturated heterocycles. The maximum absolute atomic E-state index is 11.8. The van der Waals surface area contributed by atoms with Crippen LogP contribution in [0.4, 0.5) is 0 Å². The first-order chi connectivity index (χ1) is 10.0. The number of amides is 1. The number of benzene rings is 1. The van der Waals surface area contributed by atoms with Crippen molar-refractivity contribution in [3.8, 4) is 11.8 Å². The first-order valence-electron chi connectivity index (χ1n) is 6.27. The van der Waals surface area contributed by atoms with Crippen molar-refractivity contribution in [2.75, 3.05) is 18.1 Å². The van der Waals surface area contributed by atoms with Gasteiger partial charge in [0.25, 0.3) is 5.91 Å². The van der Waals surface area contributed by atoms with E-state index in [9.17, 15) is 9.59 Å². The standard InChI is InChI=1S/C14H16N2O4S/c1-10(14(19)16-6-7-21-9-13(17)18)20-12-5-3-2-4-11(12)8-15/h2-5,10H,6-7,9H2,1H3,(H,16,19)(H,17,18). The predicted octanol–water partition coefficient (Wildman–Crippen LogP) is 1.26. The largest absolute Gasteiger partial charge is 0.481 e. The number of hydrogen-bond donors (Lipinski definition) is 2. The number of nitrogens with one attached hydrogen (secondary N) is 1. The minimum atomic E-state index is -0.879. The Hall–Kier alpha value is -2.20. The fraction of sp³-hybridized carbons (Fsp3) is 0.357. The number of nitrogens with zero attached hydrogens (tertiary/aromatic N) is 1. The number of carboxylic acids is 1. The first kappa shape index (κ1) is 16.9. The number of rotatable bonds is 8. The van der Waals surface area contributed by atoms with E-state index in [1.165, 1.54) is 11.8 Å². The van der Waals surface area contributed by atoms with Gasteiger partial charge in [0.05, 0.1) is 11.3 Å². The van der Waals surface area contributed by atoms with Gasteiger partial charge in [0.15, 0.2) is 6.10 Å². The van der Waals surface area contributed by atoms with Gasteiger partial charge in [-0.3, -0.25) is 9.59 Å². The van der Waals surface area contributed by atoms with Crippen LogP contribution in [-0.2, 0) is 9.59 Å². The van der Waals surface area contributed by atoms with Crippen molar-refractivity contribution < 1.29 is 19.4 Å². The van der Waals surface area contributed by atoms with Gasteiger partial charge in [-0.15, -0.1) is 11.8 Å². The summed E-state index contributed by atoms with van der Waals surface area (Å²) in [6.07, 6.45) is -0.732. The van der Waals surface area contributed by atoms with Crippen LogP contribution in [0, 0.1) is 11.3 Å². The highest BCUT2D eigenvalue weighted by Gasteiger charge is 2.15. The first-order valence-corrected chi connectivity index (χ1v) is 7.43. The molecule has 0 spiro atoms. The Balaban J connectivity index is 2.38. The quantitative estimate of drug-likeness (QED) is 0.701. The van der Waals surface area contributed by atoms with Crippen LogP contribution in [0.15, 0.2) is 24.3 Å². The van der Waals surface area contributed by atoms with Crippen molar-refractivity contribution in [3.05, 3.63) is 29.8 Å². The Morgan fingerprint density at radius 1 is 1.48 bits per heavy atom. The van der Waals surface area contributed by atoms with Crippen molar-refractivity contribution in [1.29, 1.82) is 5.26 Å². The van der Waals surface area contributed by atoms with Crippen LogP contribution in [0.25, 0.3) is 0 Å². The fourth-order valence-corrected chi connectivity index (χ4v) is 2.02. The Kier molecular flexibility index (Phi) is 7.12. The van der Waals surface area contributed by atoms with Crippen LogP contribution in [0.5, 0.6) is 5.75 Å². The molecule has 1 aromatic carbocycles. The van der Waals surface area contributed by atoms with Crippen LogP contribution in [0.1, 0.15) is 12.5 Å². The van der Waals surface area contributed by atoms with E-state index in [0.29, 0.717) is 23.6 Å². The van der Waals surface area contributed by atoms with Gasteiger partial charge in [-0.1, -0.05) is 12.1 Å². The molecule has 0 fully saturated rings. The minimum absolute atomic E-state index is 0.0114. The zero-order valence-electron chi connectivity index (χ0n) is 11.5. The molecule has 0 saturated carbocycles. The van der Waals surface area contributed by atoms with E-state index in [1.54, 1.807) is 31.2 Å². The van der Waals surface area contributed by atoms with E-state index in [0.717, 1.165) is 0 Å². The second kappa shape index (κ2) is 8.87. The van der Waals surface area contributed by atoms with Gasteiger partial charge in [-0.2, -0.15) is 5.26 Å². The molecule has 0 bridgehead atoms. The Labute approximate surface area is 127 Å². The van der Waals surface area contributed by atoms with Crippen molar-refractivity contribution in [2.24, 2.45) is 0 Å². The molecule has 0 aliphatic carbocycles. The zero-order chi connectivity index (χ0) is 15.7. The summed E-state index contributed by atoms with van der Waals surface area (Å²) >= 11 is 1.23. The van der Waals surface area contributed by atoms with E-state index >= 15 is 0 Å². The lowest BCUT2D eigenvalue weighted by molar-refractivity contribution is -0.134. The van der Waals surface area contributed by atoms with Gasteiger partial charge in [0.2, 0.25) is 0 Å². The number of hydrogen-bond acceptors (Lipinski definition) is 5. The summed E-state index contributed by atoms with van der Waals surface area (Å²) < 4.78 is 5.46. The number of nitriles is 1. The average Bonchev–Trinajstić information content (AvgIpc) is 2.46. The summed E-state index contributed by atoms with van der Waals surface area (Å²) in [5, 5.41) is 20.1. The van der Waals surface area contributed by atoms with Gasteiger partial charge >= 0.3 is 5.97 Å². The highest BCUT2D eigenvalue weighted by molar-refractivity contribution is 7.99. The maximum atomic E-state index is 11.8. The third kappa shape index (κ3) is 6.19. The third-order valence-corrected chi connectivity index (χ3v) is 3.40. The van der Waals surface area contributed by atoms with Crippen molar-refractivity contribution in [2.45, 2.75) is 13.0 Å². The lowest BCUT2D eigenvalue weighted by Gasteiger charge is -2.15. The van der Waals surface area contributed by atoms with E-state index in [1.807, 2.05) is 6.07 Å². The molecule has 21 heavy (non-hydrogen) atoms. The summed E-state index contributed by atoms with van der Waals surface area (Å²) in [4.78, 5) is 22.1. The second-order valence-electron chi connectivity index (χ2n) is 4.11.